The molecule has 0 saturated carbocycles. The molecule has 3 aromatic carbocycles. The zero-order chi connectivity index (χ0) is 19.3. The third kappa shape index (κ3) is 4.06. The van der Waals surface area contributed by atoms with Gasteiger partial charge in [-0.05, 0) is 42.5 Å². The predicted molar refractivity (Wildman–Crippen MR) is 115 cm³/mol. The van der Waals surface area contributed by atoms with Crippen LogP contribution in [-0.2, 0) is 0 Å². The molecule has 0 aliphatic carbocycles. The summed E-state index contributed by atoms with van der Waals surface area (Å²) in [6, 6.07) is 24.2. The minimum absolute atomic E-state index is 0.112. The third-order valence-corrected chi connectivity index (χ3v) is 5.28. The summed E-state index contributed by atoms with van der Waals surface area (Å²) in [5.74, 6) is 1.47. The highest BCUT2D eigenvalue weighted by molar-refractivity contribution is 7.99. The van der Waals surface area contributed by atoms with E-state index >= 15 is 0 Å². The second-order valence-electron chi connectivity index (χ2n) is 6.04. The monoisotopic (exact) mass is 408 g/mol. The van der Waals surface area contributed by atoms with E-state index in [1.54, 1.807) is 22.8 Å². The molecule has 0 unspecified atom stereocenters. The van der Waals surface area contributed by atoms with Gasteiger partial charge in [0.2, 0.25) is 0 Å². The van der Waals surface area contributed by atoms with Gasteiger partial charge in [-0.3, -0.25) is 9.36 Å². The van der Waals surface area contributed by atoms with E-state index in [0.717, 1.165) is 5.75 Å². The summed E-state index contributed by atoms with van der Waals surface area (Å²) in [7, 11) is 0. The Hall–Kier alpha value is -2.76. The minimum Gasteiger partial charge on any atom is -0.493 e. The normalized spacial score (nSPS) is 10.9. The Morgan fingerprint density at radius 2 is 1.75 bits per heavy atom. The smallest absolute Gasteiger partial charge is 0.266 e. The number of ether oxygens (including phenoxy) is 1. The van der Waals surface area contributed by atoms with E-state index in [0.29, 0.717) is 39.1 Å². The molecule has 0 aliphatic rings. The first kappa shape index (κ1) is 18.6. The number of fused-ring (bicyclic) bond motifs is 1. The van der Waals surface area contributed by atoms with E-state index in [4.69, 9.17) is 21.3 Å². The van der Waals surface area contributed by atoms with Gasteiger partial charge in [-0.25, -0.2) is 4.98 Å². The maximum absolute atomic E-state index is 13.2. The highest BCUT2D eigenvalue weighted by atomic mass is 35.5. The van der Waals surface area contributed by atoms with Crippen LogP contribution in [0.25, 0.3) is 16.6 Å². The Kier molecular flexibility index (Phi) is 5.65. The van der Waals surface area contributed by atoms with E-state index < -0.39 is 0 Å². The van der Waals surface area contributed by atoms with Crippen LogP contribution in [0, 0.1) is 0 Å². The molecule has 4 rings (SSSR count). The fourth-order valence-electron chi connectivity index (χ4n) is 2.86. The van der Waals surface area contributed by atoms with Crippen LogP contribution in [0.3, 0.4) is 0 Å². The number of halogens is 1. The second kappa shape index (κ2) is 8.50. The van der Waals surface area contributed by atoms with E-state index in [9.17, 15) is 4.79 Å². The lowest BCUT2D eigenvalue weighted by molar-refractivity contribution is 0.344. The summed E-state index contributed by atoms with van der Waals surface area (Å²) >= 11 is 7.63. The highest BCUT2D eigenvalue weighted by Crippen LogP contribution is 2.23. The summed E-state index contributed by atoms with van der Waals surface area (Å²) < 4.78 is 7.37. The highest BCUT2D eigenvalue weighted by Gasteiger charge is 2.13. The lowest BCUT2D eigenvalue weighted by atomic mass is 10.2. The van der Waals surface area contributed by atoms with Gasteiger partial charge in [0, 0.05) is 10.8 Å². The maximum Gasteiger partial charge on any atom is 0.266 e. The molecule has 0 aliphatic heterocycles. The molecule has 1 aromatic heterocycles. The first-order valence-corrected chi connectivity index (χ1v) is 10.2. The number of para-hydroxylation sites is 2. The van der Waals surface area contributed by atoms with Crippen molar-refractivity contribution in [1.82, 2.24) is 9.55 Å². The summed E-state index contributed by atoms with van der Waals surface area (Å²) in [4.78, 5) is 17.9. The fourth-order valence-corrected chi connectivity index (χ4v) is 3.88. The molecule has 0 amide bonds. The number of hydrogen-bond donors (Lipinski definition) is 0. The van der Waals surface area contributed by atoms with Crippen LogP contribution in [0.1, 0.15) is 0 Å². The number of hydrogen-bond acceptors (Lipinski definition) is 4. The Labute approximate surface area is 171 Å². The van der Waals surface area contributed by atoms with Crippen molar-refractivity contribution < 1.29 is 4.74 Å². The molecule has 0 N–H and O–H groups in total. The Bertz CT molecular complexity index is 1160. The van der Waals surface area contributed by atoms with Crippen molar-refractivity contribution in [2.24, 2.45) is 0 Å². The van der Waals surface area contributed by atoms with Crippen LogP contribution in [0.5, 0.6) is 5.75 Å². The van der Waals surface area contributed by atoms with Gasteiger partial charge in [-0.1, -0.05) is 59.8 Å². The Balaban J connectivity index is 1.66. The predicted octanol–water partition coefficient (Wildman–Crippen LogP) is 5.21. The third-order valence-electron chi connectivity index (χ3n) is 4.14. The first-order valence-electron chi connectivity index (χ1n) is 8.81. The number of rotatable bonds is 6. The van der Waals surface area contributed by atoms with Gasteiger partial charge in [-0.15, -0.1) is 0 Å². The summed E-state index contributed by atoms with van der Waals surface area (Å²) in [6.07, 6.45) is 0. The molecule has 4 nitrogen and oxygen atoms in total. The SMILES string of the molecule is O=c1c2ccccc2nc(SCCOc2ccccc2)n1-c1cccc(Cl)c1. The van der Waals surface area contributed by atoms with Gasteiger partial charge in [0.25, 0.3) is 5.56 Å². The Morgan fingerprint density at radius 1 is 0.964 bits per heavy atom. The molecule has 140 valence electrons. The van der Waals surface area contributed by atoms with Gasteiger partial charge >= 0.3 is 0 Å². The van der Waals surface area contributed by atoms with Crippen molar-refractivity contribution in [3.8, 4) is 11.4 Å². The van der Waals surface area contributed by atoms with Crippen LogP contribution < -0.4 is 10.3 Å². The lowest BCUT2D eigenvalue weighted by Gasteiger charge is -2.13. The number of aromatic nitrogens is 2. The number of benzene rings is 3. The van der Waals surface area contributed by atoms with Crippen molar-refractivity contribution in [3.05, 3.63) is 94.2 Å². The van der Waals surface area contributed by atoms with Gasteiger partial charge < -0.3 is 4.74 Å². The van der Waals surface area contributed by atoms with Crippen LogP contribution in [-0.4, -0.2) is 21.9 Å². The van der Waals surface area contributed by atoms with Crippen LogP contribution in [0.15, 0.2) is 88.8 Å². The average molecular weight is 409 g/mol. The molecule has 4 aromatic rings. The average Bonchev–Trinajstić information content (AvgIpc) is 2.72. The summed E-state index contributed by atoms with van der Waals surface area (Å²) in [5.41, 5.74) is 1.26. The molecule has 0 saturated heterocycles. The Morgan fingerprint density at radius 3 is 2.57 bits per heavy atom. The van der Waals surface area contributed by atoms with E-state index in [1.807, 2.05) is 60.7 Å². The molecule has 0 bridgehead atoms. The van der Waals surface area contributed by atoms with E-state index in [1.165, 1.54) is 11.8 Å². The van der Waals surface area contributed by atoms with Crippen molar-refractivity contribution in [2.45, 2.75) is 5.16 Å². The molecular weight excluding hydrogens is 392 g/mol. The van der Waals surface area contributed by atoms with E-state index in [-0.39, 0.29) is 5.56 Å². The second-order valence-corrected chi connectivity index (χ2v) is 7.54. The van der Waals surface area contributed by atoms with Gasteiger partial charge in [0.05, 0.1) is 23.2 Å². The van der Waals surface area contributed by atoms with Gasteiger partial charge in [0.1, 0.15) is 5.75 Å². The number of thioether (sulfide) groups is 1. The molecule has 6 heteroatoms. The zero-order valence-corrected chi connectivity index (χ0v) is 16.5. The van der Waals surface area contributed by atoms with Gasteiger partial charge in [0.15, 0.2) is 5.16 Å². The molecule has 0 spiro atoms. The largest absolute Gasteiger partial charge is 0.493 e. The van der Waals surface area contributed by atoms with Crippen molar-refractivity contribution in [1.29, 1.82) is 0 Å². The molecule has 0 radical (unpaired) electrons. The molecule has 28 heavy (non-hydrogen) atoms. The van der Waals surface area contributed by atoms with Crippen molar-refractivity contribution in [2.75, 3.05) is 12.4 Å². The van der Waals surface area contributed by atoms with Crippen LogP contribution in [0.4, 0.5) is 0 Å². The minimum atomic E-state index is -0.112. The van der Waals surface area contributed by atoms with Crippen LogP contribution in [0.2, 0.25) is 5.02 Å². The van der Waals surface area contributed by atoms with Crippen molar-refractivity contribution >= 4 is 34.3 Å². The molecular formula is C22H17ClN2O2S. The fraction of sp³-hybridized carbons (Fsp3) is 0.0909. The first-order chi connectivity index (χ1) is 13.7. The number of nitrogens with zero attached hydrogens (tertiary/aromatic N) is 2. The quantitative estimate of drug-likeness (QED) is 0.249. The summed E-state index contributed by atoms with van der Waals surface area (Å²) in [5, 5.41) is 1.76. The topological polar surface area (TPSA) is 44.1 Å². The van der Waals surface area contributed by atoms with Gasteiger partial charge in [-0.2, -0.15) is 0 Å². The zero-order valence-electron chi connectivity index (χ0n) is 14.9. The molecule has 1 heterocycles. The molecule has 0 fully saturated rings. The molecule has 0 atom stereocenters. The van der Waals surface area contributed by atoms with Crippen LogP contribution >= 0.6 is 23.4 Å². The summed E-state index contributed by atoms with van der Waals surface area (Å²) in [6.45, 7) is 0.507. The lowest BCUT2D eigenvalue weighted by Crippen LogP contribution is -2.22. The standard InChI is InChI=1S/C22H17ClN2O2S/c23-16-7-6-8-17(15-16)25-21(26)19-11-4-5-12-20(19)24-22(25)28-14-13-27-18-9-2-1-3-10-18/h1-12,15H,13-14H2. The van der Waals surface area contributed by atoms with E-state index in [2.05, 4.69) is 0 Å². The van der Waals surface area contributed by atoms with Crippen molar-refractivity contribution in [3.63, 3.8) is 0 Å². The maximum atomic E-state index is 13.2.